The quantitative estimate of drug-likeness (QED) is 0.302. The van der Waals surface area contributed by atoms with E-state index in [0.717, 1.165) is 19.3 Å². The van der Waals surface area contributed by atoms with Crippen LogP contribution >= 0.6 is 23.2 Å². The third kappa shape index (κ3) is 5.92. The molecule has 38 heavy (non-hydrogen) atoms. The number of tetrazole rings is 1. The maximum atomic E-state index is 13.0. The molecular weight excluding hydrogens is 527 g/mol. The zero-order valence-electron chi connectivity index (χ0n) is 20.2. The van der Waals surface area contributed by atoms with E-state index in [1.165, 1.54) is 17.1 Å². The molecule has 0 spiro atoms. The second kappa shape index (κ2) is 11.6. The first kappa shape index (κ1) is 25.6. The van der Waals surface area contributed by atoms with E-state index < -0.39 is 6.04 Å². The molecule has 2 amide bonds. The molecule has 3 N–H and O–H groups in total. The first-order valence-corrected chi connectivity index (χ1v) is 12.9. The van der Waals surface area contributed by atoms with Gasteiger partial charge in [0.05, 0.1) is 17.4 Å². The van der Waals surface area contributed by atoms with Gasteiger partial charge in [0.2, 0.25) is 11.8 Å². The van der Waals surface area contributed by atoms with Gasteiger partial charge >= 0.3 is 0 Å². The number of hydrogen-bond acceptors (Lipinski definition) is 6. The van der Waals surface area contributed by atoms with E-state index in [2.05, 4.69) is 31.1 Å². The lowest BCUT2D eigenvalue weighted by Gasteiger charge is -2.16. The topological polar surface area (TPSA) is 130 Å². The minimum absolute atomic E-state index is 0.0550. The van der Waals surface area contributed by atoms with E-state index in [4.69, 9.17) is 28.2 Å². The predicted molar refractivity (Wildman–Crippen MR) is 145 cm³/mol. The van der Waals surface area contributed by atoms with Crippen molar-refractivity contribution in [2.75, 3.05) is 5.32 Å². The smallest absolute Gasteiger partial charge is 0.244 e. The predicted octanol–water partition coefficient (Wildman–Crippen LogP) is 5.13. The van der Waals surface area contributed by atoms with Crippen LogP contribution in [0.15, 0.2) is 54.9 Å². The van der Waals surface area contributed by atoms with Crippen molar-refractivity contribution < 1.29 is 9.59 Å². The number of rotatable bonds is 4. The SMILES string of the molecule is O=C(C=Cc1cc(Cl)ccc1-n1cnnn1)NC1CCCCCC(=O)Nc2ccccc2-c2nc1[nH]c2Cl. The summed E-state index contributed by atoms with van der Waals surface area (Å²) in [5.41, 5.74) is 3.20. The molecule has 0 saturated carbocycles. The van der Waals surface area contributed by atoms with Gasteiger partial charge in [-0.2, -0.15) is 4.68 Å². The van der Waals surface area contributed by atoms with Crippen molar-refractivity contribution >= 4 is 46.8 Å². The van der Waals surface area contributed by atoms with Crippen molar-refractivity contribution in [3.05, 3.63) is 76.4 Å². The Kier molecular flexibility index (Phi) is 7.81. The lowest BCUT2D eigenvalue weighted by molar-refractivity contribution is -0.117. The summed E-state index contributed by atoms with van der Waals surface area (Å²) in [6, 6.07) is 12.2. The monoisotopic (exact) mass is 550 g/mol. The van der Waals surface area contributed by atoms with Gasteiger partial charge in [-0.15, -0.1) is 5.10 Å². The fourth-order valence-corrected chi connectivity index (χ4v) is 4.76. The number of anilines is 1. The third-order valence-corrected chi connectivity index (χ3v) is 6.69. The molecule has 3 heterocycles. The fourth-order valence-electron chi connectivity index (χ4n) is 4.34. The molecule has 0 saturated heterocycles. The Bertz CT molecular complexity index is 1480. The number of aromatic nitrogens is 6. The molecule has 1 aliphatic heterocycles. The van der Waals surface area contributed by atoms with Crippen LogP contribution in [-0.2, 0) is 9.59 Å². The lowest BCUT2D eigenvalue weighted by Crippen LogP contribution is -2.27. The summed E-state index contributed by atoms with van der Waals surface area (Å²) in [5, 5.41) is 18.1. The van der Waals surface area contributed by atoms with Crippen LogP contribution in [-0.4, -0.2) is 42.0 Å². The first-order chi connectivity index (χ1) is 18.5. The van der Waals surface area contributed by atoms with Crippen LogP contribution in [0.4, 0.5) is 5.69 Å². The highest BCUT2D eigenvalue weighted by Gasteiger charge is 2.22. The zero-order valence-corrected chi connectivity index (χ0v) is 21.7. The molecule has 0 radical (unpaired) electrons. The Morgan fingerprint density at radius 1 is 1.13 bits per heavy atom. The number of amides is 2. The highest BCUT2D eigenvalue weighted by molar-refractivity contribution is 6.32. The van der Waals surface area contributed by atoms with Gasteiger partial charge in [0, 0.05) is 28.6 Å². The minimum Gasteiger partial charge on any atom is -0.343 e. The van der Waals surface area contributed by atoms with Crippen LogP contribution in [0, 0.1) is 0 Å². The molecule has 194 valence electrons. The van der Waals surface area contributed by atoms with Crippen molar-refractivity contribution in [3.8, 4) is 16.9 Å². The maximum absolute atomic E-state index is 13.0. The summed E-state index contributed by atoms with van der Waals surface area (Å²) in [5.74, 6) is 0.179. The van der Waals surface area contributed by atoms with Gasteiger partial charge in [-0.25, -0.2) is 4.98 Å². The molecule has 4 aromatic rings. The van der Waals surface area contributed by atoms with Gasteiger partial charge < -0.3 is 15.6 Å². The highest BCUT2D eigenvalue weighted by atomic mass is 35.5. The molecule has 0 fully saturated rings. The molecule has 1 atom stereocenters. The number of nitrogens with one attached hydrogen (secondary N) is 3. The molecule has 10 nitrogen and oxygen atoms in total. The lowest BCUT2D eigenvalue weighted by atomic mass is 10.1. The normalized spacial score (nSPS) is 16.2. The average molecular weight is 551 g/mol. The molecule has 2 aromatic heterocycles. The minimum atomic E-state index is -0.409. The third-order valence-electron chi connectivity index (χ3n) is 6.18. The van der Waals surface area contributed by atoms with Gasteiger partial charge in [0.25, 0.3) is 0 Å². The van der Waals surface area contributed by atoms with Gasteiger partial charge in [0.1, 0.15) is 23.0 Å². The van der Waals surface area contributed by atoms with Crippen molar-refractivity contribution in [1.82, 2.24) is 35.5 Å². The van der Waals surface area contributed by atoms with E-state index in [-0.39, 0.29) is 11.8 Å². The number of carbonyl (C=O) groups is 2. The number of halogens is 2. The molecule has 1 unspecified atom stereocenters. The Labute approximate surface area is 228 Å². The van der Waals surface area contributed by atoms with E-state index in [9.17, 15) is 9.59 Å². The molecule has 2 aromatic carbocycles. The van der Waals surface area contributed by atoms with E-state index >= 15 is 0 Å². The number of nitrogens with zero attached hydrogens (tertiary/aromatic N) is 5. The summed E-state index contributed by atoms with van der Waals surface area (Å²) < 4.78 is 1.49. The van der Waals surface area contributed by atoms with E-state index in [1.807, 2.05) is 24.3 Å². The van der Waals surface area contributed by atoms with E-state index in [0.29, 0.717) is 57.0 Å². The molecule has 0 aliphatic carbocycles. The van der Waals surface area contributed by atoms with Crippen LogP contribution < -0.4 is 10.6 Å². The van der Waals surface area contributed by atoms with Gasteiger partial charge in [-0.3, -0.25) is 9.59 Å². The van der Waals surface area contributed by atoms with Crippen molar-refractivity contribution in [1.29, 1.82) is 0 Å². The van der Waals surface area contributed by atoms with Crippen LogP contribution in [0.3, 0.4) is 0 Å². The van der Waals surface area contributed by atoms with Gasteiger partial charge in [-0.05, 0) is 53.6 Å². The van der Waals surface area contributed by atoms with Crippen LogP contribution in [0.5, 0.6) is 0 Å². The number of carbonyl (C=O) groups excluding carboxylic acids is 2. The summed E-state index contributed by atoms with van der Waals surface area (Å²) in [6.45, 7) is 0. The first-order valence-electron chi connectivity index (χ1n) is 12.1. The molecule has 2 bridgehead atoms. The zero-order chi connectivity index (χ0) is 26.5. The number of hydrogen-bond donors (Lipinski definition) is 3. The van der Waals surface area contributed by atoms with Crippen LogP contribution in [0.1, 0.15) is 49.5 Å². The summed E-state index contributed by atoms with van der Waals surface area (Å²) >= 11 is 12.7. The summed E-state index contributed by atoms with van der Waals surface area (Å²) in [4.78, 5) is 33.3. The highest BCUT2D eigenvalue weighted by Crippen LogP contribution is 2.34. The van der Waals surface area contributed by atoms with Crippen molar-refractivity contribution in [2.24, 2.45) is 0 Å². The Morgan fingerprint density at radius 2 is 2.00 bits per heavy atom. The second-order valence-electron chi connectivity index (χ2n) is 8.83. The summed E-state index contributed by atoms with van der Waals surface area (Å²) in [6.07, 6.45) is 7.96. The summed E-state index contributed by atoms with van der Waals surface area (Å²) in [7, 11) is 0. The Hall–Kier alpha value is -4.02. The molecule has 1 aliphatic rings. The average Bonchev–Trinajstić information content (AvgIpc) is 3.57. The number of aromatic amines is 1. The van der Waals surface area contributed by atoms with Gasteiger partial charge in [0.15, 0.2) is 0 Å². The van der Waals surface area contributed by atoms with Gasteiger partial charge in [-0.1, -0.05) is 54.2 Å². The Morgan fingerprint density at radius 3 is 2.84 bits per heavy atom. The second-order valence-corrected chi connectivity index (χ2v) is 9.64. The maximum Gasteiger partial charge on any atom is 0.244 e. The molecule has 12 heteroatoms. The number of H-pyrrole nitrogens is 1. The Balaban J connectivity index is 1.41. The van der Waals surface area contributed by atoms with E-state index in [1.54, 1.807) is 24.3 Å². The van der Waals surface area contributed by atoms with Crippen LogP contribution in [0.25, 0.3) is 23.0 Å². The molecule has 5 rings (SSSR count). The number of imidazole rings is 1. The van der Waals surface area contributed by atoms with Crippen molar-refractivity contribution in [2.45, 2.75) is 38.1 Å². The number of benzene rings is 2. The standard InChI is InChI=1S/C26H24Cl2N8O2/c27-17-11-12-21(36-15-29-34-35-36)16(14-17)10-13-23(38)31-20-8-2-1-3-9-22(37)30-19-7-5-4-6-18(19)24-25(28)33-26(20)32-24/h4-7,10-15,20H,1-3,8-9H2,(H,30,37)(H,31,38)(H,32,33). The number of fused-ring (bicyclic) bond motifs is 4. The fraction of sp³-hybridized carbons (Fsp3) is 0.231. The molecular formula is C26H24Cl2N8O2. The van der Waals surface area contributed by atoms with Crippen molar-refractivity contribution in [3.63, 3.8) is 0 Å². The number of para-hydroxylation sites is 1. The largest absolute Gasteiger partial charge is 0.343 e. The van der Waals surface area contributed by atoms with Crippen LogP contribution in [0.2, 0.25) is 10.2 Å².